The Morgan fingerprint density at radius 1 is 0.971 bits per heavy atom. The fourth-order valence-electron chi connectivity index (χ4n) is 4.46. The number of hydrogen-bond acceptors (Lipinski definition) is 4. The van der Waals surface area contributed by atoms with Crippen molar-refractivity contribution in [1.82, 2.24) is 19.2 Å². The first-order valence-corrected chi connectivity index (χ1v) is 12.6. The van der Waals surface area contributed by atoms with Gasteiger partial charge < -0.3 is 4.74 Å². The van der Waals surface area contributed by atoms with Crippen molar-refractivity contribution in [3.63, 3.8) is 0 Å². The third kappa shape index (κ3) is 5.82. The van der Waals surface area contributed by atoms with E-state index in [4.69, 9.17) is 4.74 Å². The highest BCUT2D eigenvalue weighted by Gasteiger charge is 2.18. The molecule has 6 nitrogen and oxygen atoms in total. The molecule has 0 aliphatic carbocycles. The lowest BCUT2D eigenvalue weighted by molar-refractivity contribution is 0.139. The van der Waals surface area contributed by atoms with Crippen molar-refractivity contribution >= 4 is 10.9 Å². The fraction of sp³-hybridized carbons (Fsp3) is 0.379. The number of hydrogen-bond donors (Lipinski definition) is 0. The molecule has 0 fully saturated rings. The molecule has 184 valence electrons. The molecule has 0 saturated carbocycles. The molecule has 0 N–H and O–H groups in total. The molecule has 2 heterocycles. The smallest absolute Gasteiger partial charge is 0.258 e. The van der Waals surface area contributed by atoms with Crippen molar-refractivity contribution in [1.29, 1.82) is 0 Å². The Hall–Kier alpha value is -3.38. The first-order chi connectivity index (χ1) is 17.0. The largest absolute Gasteiger partial charge is 0.489 e. The number of aromatic nitrogens is 3. The summed E-state index contributed by atoms with van der Waals surface area (Å²) in [7, 11) is 0. The van der Waals surface area contributed by atoms with Gasteiger partial charge in [0.05, 0.1) is 18.3 Å². The van der Waals surface area contributed by atoms with E-state index in [1.54, 1.807) is 10.8 Å². The predicted molar refractivity (Wildman–Crippen MR) is 142 cm³/mol. The van der Waals surface area contributed by atoms with Gasteiger partial charge in [0.15, 0.2) is 0 Å². The third-order valence-corrected chi connectivity index (χ3v) is 6.93. The Bertz CT molecular complexity index is 1290. The van der Waals surface area contributed by atoms with E-state index in [9.17, 15) is 4.79 Å². The standard InChI is InChI=1S/C29H36N4O2/c1-5-22(3)31(23(4)6-2)16-17-33-28-13-12-26(18-25(28)20-30-33)32-15-14-27(19-29(32)34)35-21-24-10-8-7-9-11-24/h7-15,18-20,22-23H,5-6,16-17,21H2,1-4H3/t22-,23+. The van der Waals surface area contributed by atoms with Crippen LogP contribution in [-0.4, -0.2) is 37.9 Å². The molecule has 0 radical (unpaired) electrons. The molecule has 0 spiro atoms. The highest BCUT2D eigenvalue weighted by atomic mass is 16.5. The second-order valence-electron chi connectivity index (χ2n) is 9.21. The molecule has 0 amide bonds. The molecule has 4 rings (SSSR count). The van der Waals surface area contributed by atoms with E-state index in [1.807, 2.05) is 54.7 Å². The topological polar surface area (TPSA) is 52.3 Å². The predicted octanol–water partition coefficient (Wildman–Crippen LogP) is 5.67. The first kappa shape index (κ1) is 24.7. The maximum Gasteiger partial charge on any atom is 0.258 e. The highest BCUT2D eigenvalue weighted by molar-refractivity contribution is 5.80. The van der Waals surface area contributed by atoms with Crippen molar-refractivity contribution in [3.8, 4) is 11.4 Å². The molecular formula is C29H36N4O2. The number of pyridine rings is 1. The molecule has 2 atom stereocenters. The summed E-state index contributed by atoms with van der Waals surface area (Å²) in [5.41, 5.74) is 2.84. The zero-order valence-electron chi connectivity index (χ0n) is 21.2. The Labute approximate surface area is 207 Å². The van der Waals surface area contributed by atoms with Crippen LogP contribution >= 0.6 is 0 Å². The van der Waals surface area contributed by atoms with Gasteiger partial charge in [-0.1, -0.05) is 44.2 Å². The molecule has 6 heteroatoms. The van der Waals surface area contributed by atoms with Gasteiger partial charge in [0, 0.05) is 42.0 Å². The number of fused-ring (bicyclic) bond motifs is 1. The van der Waals surface area contributed by atoms with Gasteiger partial charge in [0.1, 0.15) is 12.4 Å². The van der Waals surface area contributed by atoms with Crippen LogP contribution in [0.5, 0.6) is 5.75 Å². The maximum absolute atomic E-state index is 12.8. The first-order valence-electron chi connectivity index (χ1n) is 12.6. The van der Waals surface area contributed by atoms with Crippen LogP contribution in [0, 0.1) is 0 Å². The van der Waals surface area contributed by atoms with Gasteiger partial charge in [0.25, 0.3) is 5.56 Å². The van der Waals surface area contributed by atoms with E-state index in [0.29, 0.717) is 24.4 Å². The normalized spacial score (nSPS) is 13.3. The monoisotopic (exact) mass is 472 g/mol. The van der Waals surface area contributed by atoms with Crippen LogP contribution in [-0.2, 0) is 13.2 Å². The summed E-state index contributed by atoms with van der Waals surface area (Å²) >= 11 is 0. The Morgan fingerprint density at radius 2 is 1.71 bits per heavy atom. The second-order valence-corrected chi connectivity index (χ2v) is 9.21. The number of benzene rings is 2. The van der Waals surface area contributed by atoms with Gasteiger partial charge in [0.2, 0.25) is 0 Å². The van der Waals surface area contributed by atoms with Crippen molar-refractivity contribution in [2.24, 2.45) is 0 Å². The van der Waals surface area contributed by atoms with Crippen LogP contribution in [0.2, 0.25) is 0 Å². The Kier molecular flexibility index (Phi) is 8.03. The second kappa shape index (κ2) is 11.4. The van der Waals surface area contributed by atoms with Gasteiger partial charge in [-0.3, -0.25) is 18.9 Å². The van der Waals surface area contributed by atoms with E-state index < -0.39 is 0 Å². The molecule has 2 aromatic heterocycles. The summed E-state index contributed by atoms with van der Waals surface area (Å²) in [6.07, 6.45) is 5.93. The number of ether oxygens (including phenoxy) is 1. The summed E-state index contributed by atoms with van der Waals surface area (Å²) in [5, 5.41) is 5.67. The molecule has 4 aromatic rings. The summed E-state index contributed by atoms with van der Waals surface area (Å²) in [4.78, 5) is 15.4. The van der Waals surface area contributed by atoms with E-state index in [-0.39, 0.29) is 5.56 Å². The van der Waals surface area contributed by atoms with Crippen LogP contribution in [0.15, 0.2) is 77.9 Å². The van der Waals surface area contributed by atoms with Crippen molar-refractivity contribution in [2.45, 2.75) is 65.8 Å². The summed E-state index contributed by atoms with van der Waals surface area (Å²) in [5.74, 6) is 0.566. The van der Waals surface area contributed by atoms with Crippen LogP contribution in [0.25, 0.3) is 16.6 Å². The zero-order valence-corrected chi connectivity index (χ0v) is 21.2. The molecular weight excluding hydrogens is 436 g/mol. The highest BCUT2D eigenvalue weighted by Crippen LogP contribution is 2.20. The lowest BCUT2D eigenvalue weighted by Crippen LogP contribution is -2.41. The summed E-state index contributed by atoms with van der Waals surface area (Å²) < 4.78 is 9.51. The molecule has 0 unspecified atom stereocenters. The molecule has 0 aliphatic heterocycles. The number of rotatable bonds is 11. The van der Waals surface area contributed by atoms with E-state index in [0.717, 1.165) is 48.1 Å². The summed E-state index contributed by atoms with van der Waals surface area (Å²) in [6, 6.07) is 20.4. The van der Waals surface area contributed by atoms with Gasteiger partial charge >= 0.3 is 0 Å². The van der Waals surface area contributed by atoms with Crippen LogP contribution < -0.4 is 10.3 Å². The van der Waals surface area contributed by atoms with E-state index in [2.05, 4.69) is 48.4 Å². The zero-order chi connectivity index (χ0) is 24.8. The van der Waals surface area contributed by atoms with Gasteiger partial charge in [-0.25, -0.2) is 0 Å². The van der Waals surface area contributed by atoms with Crippen LogP contribution in [0.4, 0.5) is 0 Å². The fourth-order valence-corrected chi connectivity index (χ4v) is 4.46. The molecule has 35 heavy (non-hydrogen) atoms. The SMILES string of the molecule is CC[C@@H](C)N(CCn1ncc2cc(-n3ccc(OCc4ccccc4)cc3=O)ccc21)[C@@H](C)CC. The quantitative estimate of drug-likeness (QED) is 0.282. The Balaban J connectivity index is 1.48. The molecule has 0 aliphatic rings. The minimum absolute atomic E-state index is 0.125. The van der Waals surface area contributed by atoms with Crippen molar-refractivity contribution in [2.75, 3.05) is 6.54 Å². The van der Waals surface area contributed by atoms with Gasteiger partial charge in [-0.2, -0.15) is 5.10 Å². The Morgan fingerprint density at radius 3 is 2.40 bits per heavy atom. The van der Waals surface area contributed by atoms with Gasteiger partial charge in [-0.15, -0.1) is 0 Å². The minimum Gasteiger partial charge on any atom is -0.489 e. The average molecular weight is 473 g/mol. The average Bonchev–Trinajstić information content (AvgIpc) is 3.30. The third-order valence-electron chi connectivity index (χ3n) is 6.93. The van der Waals surface area contributed by atoms with E-state index >= 15 is 0 Å². The van der Waals surface area contributed by atoms with Crippen LogP contribution in [0.1, 0.15) is 46.1 Å². The van der Waals surface area contributed by atoms with Gasteiger partial charge in [-0.05, 0) is 56.5 Å². The van der Waals surface area contributed by atoms with Crippen LogP contribution in [0.3, 0.4) is 0 Å². The molecule has 0 saturated heterocycles. The number of nitrogens with zero attached hydrogens (tertiary/aromatic N) is 4. The van der Waals surface area contributed by atoms with E-state index in [1.165, 1.54) is 6.07 Å². The maximum atomic E-state index is 12.8. The van der Waals surface area contributed by atoms with Crippen molar-refractivity contribution in [3.05, 3.63) is 89.0 Å². The molecule has 2 aromatic carbocycles. The van der Waals surface area contributed by atoms with Crippen molar-refractivity contribution < 1.29 is 4.74 Å². The summed E-state index contributed by atoms with van der Waals surface area (Å²) in [6.45, 7) is 11.3. The minimum atomic E-state index is -0.125. The lowest BCUT2D eigenvalue weighted by atomic mass is 10.1. The lowest BCUT2D eigenvalue weighted by Gasteiger charge is -2.33. The molecule has 0 bridgehead atoms.